The van der Waals surface area contributed by atoms with Gasteiger partial charge in [-0.05, 0) is 50.0 Å². The molecule has 2 aromatic heterocycles. The highest BCUT2D eigenvalue weighted by Gasteiger charge is 2.15. The van der Waals surface area contributed by atoms with Gasteiger partial charge in [0, 0.05) is 16.8 Å². The second kappa shape index (κ2) is 6.60. The maximum absolute atomic E-state index is 4.76. The Morgan fingerprint density at radius 3 is 2.50 bits per heavy atom. The summed E-state index contributed by atoms with van der Waals surface area (Å²) in [4.78, 5) is 4.64. The van der Waals surface area contributed by atoms with Crippen LogP contribution in [0.3, 0.4) is 0 Å². The van der Waals surface area contributed by atoms with Crippen molar-refractivity contribution in [2.75, 3.05) is 0 Å². The van der Waals surface area contributed by atoms with E-state index in [-0.39, 0.29) is 0 Å². The normalized spacial score (nSPS) is 11.2. The fourth-order valence-corrected chi connectivity index (χ4v) is 3.14. The number of benzene rings is 1. The topological polar surface area (TPSA) is 30.7 Å². The van der Waals surface area contributed by atoms with E-state index in [0.717, 1.165) is 41.8 Å². The van der Waals surface area contributed by atoms with Crippen LogP contribution >= 0.6 is 0 Å². The first-order chi connectivity index (χ1) is 11.5. The number of nitrogens with zero attached hydrogens (tertiary/aromatic N) is 3. The first kappa shape index (κ1) is 16.4. The van der Waals surface area contributed by atoms with Gasteiger partial charge in [0.2, 0.25) is 0 Å². The molecule has 0 aliphatic heterocycles. The third-order valence-corrected chi connectivity index (χ3v) is 4.48. The van der Waals surface area contributed by atoms with Crippen molar-refractivity contribution in [1.82, 2.24) is 14.8 Å². The zero-order chi connectivity index (χ0) is 17.3. The molecule has 3 rings (SSSR count). The molecule has 0 amide bonds. The van der Waals surface area contributed by atoms with E-state index in [1.165, 1.54) is 22.3 Å². The lowest BCUT2D eigenvalue weighted by atomic mass is 9.99. The quantitative estimate of drug-likeness (QED) is 0.645. The first-order valence-corrected chi connectivity index (χ1v) is 8.58. The van der Waals surface area contributed by atoms with Crippen LogP contribution in [0.2, 0.25) is 0 Å². The number of aromatic nitrogens is 3. The molecule has 0 N–H and O–H groups in total. The van der Waals surface area contributed by atoms with Crippen molar-refractivity contribution in [2.45, 2.75) is 47.1 Å². The SMILES string of the molecule is C=C(CCC)c1cc(C)nc2nn(Cc3ccc(C)cc3)c(C)c12. The summed E-state index contributed by atoms with van der Waals surface area (Å²) in [5.41, 5.74) is 7.88. The van der Waals surface area contributed by atoms with E-state index in [9.17, 15) is 0 Å². The Morgan fingerprint density at radius 2 is 1.83 bits per heavy atom. The van der Waals surface area contributed by atoms with Crippen LogP contribution in [-0.2, 0) is 6.54 Å². The Bertz CT molecular complexity index is 886. The van der Waals surface area contributed by atoms with Crippen LogP contribution in [-0.4, -0.2) is 14.8 Å². The lowest BCUT2D eigenvalue weighted by Gasteiger charge is -2.08. The molecule has 3 aromatic rings. The number of aryl methyl sites for hydroxylation is 3. The molecule has 0 spiro atoms. The molecule has 2 heterocycles. The van der Waals surface area contributed by atoms with Crippen molar-refractivity contribution >= 4 is 16.6 Å². The molecule has 124 valence electrons. The Balaban J connectivity index is 2.08. The van der Waals surface area contributed by atoms with Crippen LogP contribution in [0.25, 0.3) is 16.6 Å². The van der Waals surface area contributed by atoms with Gasteiger partial charge >= 0.3 is 0 Å². The standard InChI is InChI=1S/C21H25N3/c1-6-7-15(3)19-12-16(4)22-21-20(19)17(5)24(23-21)13-18-10-8-14(2)9-11-18/h8-12H,3,6-7,13H2,1-2,4-5H3. The van der Waals surface area contributed by atoms with Gasteiger partial charge in [-0.1, -0.05) is 49.8 Å². The molecule has 0 bridgehead atoms. The van der Waals surface area contributed by atoms with Crippen molar-refractivity contribution in [1.29, 1.82) is 0 Å². The second-order valence-electron chi connectivity index (χ2n) is 6.59. The minimum absolute atomic E-state index is 0.765. The minimum atomic E-state index is 0.765. The highest BCUT2D eigenvalue weighted by atomic mass is 15.3. The van der Waals surface area contributed by atoms with Gasteiger partial charge in [-0.3, -0.25) is 4.68 Å². The molecular weight excluding hydrogens is 294 g/mol. The van der Waals surface area contributed by atoms with Gasteiger partial charge in [-0.25, -0.2) is 4.98 Å². The summed E-state index contributed by atoms with van der Waals surface area (Å²) in [7, 11) is 0. The number of allylic oxidation sites excluding steroid dienone is 1. The minimum Gasteiger partial charge on any atom is -0.263 e. The highest BCUT2D eigenvalue weighted by molar-refractivity contribution is 5.91. The molecule has 0 unspecified atom stereocenters. The average molecular weight is 319 g/mol. The van der Waals surface area contributed by atoms with E-state index in [1.807, 2.05) is 6.92 Å². The summed E-state index contributed by atoms with van der Waals surface area (Å²) in [5.74, 6) is 0. The summed E-state index contributed by atoms with van der Waals surface area (Å²) >= 11 is 0. The molecule has 0 aliphatic rings. The fourth-order valence-electron chi connectivity index (χ4n) is 3.14. The van der Waals surface area contributed by atoms with Crippen LogP contribution in [0.5, 0.6) is 0 Å². The van der Waals surface area contributed by atoms with Crippen molar-refractivity contribution < 1.29 is 0 Å². The van der Waals surface area contributed by atoms with Crippen molar-refractivity contribution in [3.8, 4) is 0 Å². The smallest absolute Gasteiger partial charge is 0.182 e. The third-order valence-electron chi connectivity index (χ3n) is 4.48. The average Bonchev–Trinajstić information content (AvgIpc) is 2.85. The van der Waals surface area contributed by atoms with Crippen LogP contribution in [0.15, 0.2) is 36.9 Å². The van der Waals surface area contributed by atoms with Crippen molar-refractivity contribution in [2.24, 2.45) is 0 Å². The van der Waals surface area contributed by atoms with E-state index >= 15 is 0 Å². The van der Waals surface area contributed by atoms with E-state index < -0.39 is 0 Å². The molecule has 0 radical (unpaired) electrons. The molecule has 0 fully saturated rings. The summed E-state index contributed by atoms with van der Waals surface area (Å²) in [6.45, 7) is 13.5. The molecule has 0 aliphatic carbocycles. The molecule has 0 atom stereocenters. The molecule has 3 nitrogen and oxygen atoms in total. The van der Waals surface area contributed by atoms with E-state index in [4.69, 9.17) is 5.10 Å². The van der Waals surface area contributed by atoms with Crippen molar-refractivity contribution in [3.05, 3.63) is 65.0 Å². The Kier molecular flexibility index (Phi) is 4.52. The maximum Gasteiger partial charge on any atom is 0.182 e. The molecule has 0 saturated heterocycles. The van der Waals surface area contributed by atoms with Gasteiger partial charge in [0.25, 0.3) is 0 Å². The zero-order valence-corrected chi connectivity index (χ0v) is 15.1. The Morgan fingerprint density at radius 1 is 1.12 bits per heavy atom. The van der Waals surface area contributed by atoms with Crippen LogP contribution in [0, 0.1) is 20.8 Å². The number of hydrogen-bond acceptors (Lipinski definition) is 2. The number of hydrogen-bond donors (Lipinski definition) is 0. The summed E-state index contributed by atoms with van der Waals surface area (Å²) < 4.78 is 2.06. The number of pyridine rings is 1. The monoisotopic (exact) mass is 319 g/mol. The largest absolute Gasteiger partial charge is 0.263 e. The molecule has 0 saturated carbocycles. The van der Waals surface area contributed by atoms with E-state index in [1.54, 1.807) is 0 Å². The van der Waals surface area contributed by atoms with Gasteiger partial charge in [0.15, 0.2) is 5.65 Å². The predicted octanol–water partition coefficient (Wildman–Crippen LogP) is 5.22. The van der Waals surface area contributed by atoms with Gasteiger partial charge < -0.3 is 0 Å². The summed E-state index contributed by atoms with van der Waals surface area (Å²) in [5, 5.41) is 5.90. The molecule has 24 heavy (non-hydrogen) atoms. The third kappa shape index (κ3) is 3.12. The van der Waals surface area contributed by atoms with Crippen LogP contribution in [0.4, 0.5) is 0 Å². The van der Waals surface area contributed by atoms with Gasteiger partial charge in [0.1, 0.15) is 0 Å². The maximum atomic E-state index is 4.76. The number of rotatable bonds is 5. The Hall–Kier alpha value is -2.42. The zero-order valence-electron chi connectivity index (χ0n) is 15.1. The predicted molar refractivity (Wildman–Crippen MR) is 101 cm³/mol. The van der Waals surface area contributed by atoms with Gasteiger partial charge in [-0.2, -0.15) is 5.10 Å². The van der Waals surface area contributed by atoms with Crippen LogP contribution < -0.4 is 0 Å². The lowest BCUT2D eigenvalue weighted by Crippen LogP contribution is -2.03. The van der Waals surface area contributed by atoms with Gasteiger partial charge in [-0.15, -0.1) is 0 Å². The molecule has 1 aromatic carbocycles. The lowest BCUT2D eigenvalue weighted by molar-refractivity contribution is 0.671. The second-order valence-corrected chi connectivity index (χ2v) is 6.59. The van der Waals surface area contributed by atoms with Gasteiger partial charge in [0.05, 0.1) is 6.54 Å². The Labute approximate surface area is 144 Å². The molecule has 3 heteroatoms. The van der Waals surface area contributed by atoms with Crippen LogP contribution in [0.1, 0.15) is 47.8 Å². The van der Waals surface area contributed by atoms with E-state index in [0.29, 0.717) is 0 Å². The molecular formula is C21H25N3. The first-order valence-electron chi connectivity index (χ1n) is 8.58. The summed E-state index contributed by atoms with van der Waals surface area (Å²) in [6, 6.07) is 10.8. The number of fused-ring (bicyclic) bond motifs is 1. The fraction of sp³-hybridized carbons (Fsp3) is 0.333. The van der Waals surface area contributed by atoms with Crippen molar-refractivity contribution in [3.63, 3.8) is 0 Å². The summed E-state index contributed by atoms with van der Waals surface area (Å²) in [6.07, 6.45) is 2.10. The highest BCUT2D eigenvalue weighted by Crippen LogP contribution is 2.29. The van der Waals surface area contributed by atoms with E-state index in [2.05, 4.69) is 67.3 Å².